The third-order valence-corrected chi connectivity index (χ3v) is 4.85. The van der Waals surface area contributed by atoms with E-state index in [0.29, 0.717) is 16.6 Å². The predicted octanol–water partition coefficient (Wildman–Crippen LogP) is 4.60. The Balaban J connectivity index is 2.17. The molecule has 0 unspecified atom stereocenters. The molecule has 0 spiro atoms. The van der Waals surface area contributed by atoms with Gasteiger partial charge >= 0.3 is 5.97 Å². The first kappa shape index (κ1) is 16.6. The van der Waals surface area contributed by atoms with E-state index >= 15 is 0 Å². The molecule has 2 rings (SSSR count). The molecule has 116 valence electrons. The number of benzene rings is 1. The van der Waals surface area contributed by atoms with E-state index in [0.717, 1.165) is 31.2 Å². The van der Waals surface area contributed by atoms with E-state index < -0.39 is 5.97 Å². The highest BCUT2D eigenvalue weighted by atomic mass is 35.5. The van der Waals surface area contributed by atoms with Crippen molar-refractivity contribution in [2.45, 2.75) is 50.6 Å². The molecular weight excluding hydrogens is 309 g/mol. The second-order valence-corrected chi connectivity index (χ2v) is 6.86. The molecule has 0 heterocycles. The normalized spacial score (nSPS) is 17.9. The minimum absolute atomic E-state index is 0.192. The van der Waals surface area contributed by atoms with Gasteiger partial charge in [0.25, 0.3) is 0 Å². The van der Waals surface area contributed by atoms with Crippen LogP contribution < -0.4 is 0 Å². The lowest BCUT2D eigenvalue weighted by molar-refractivity contribution is -0.141. The van der Waals surface area contributed by atoms with Crippen molar-refractivity contribution in [3.63, 3.8) is 0 Å². The van der Waals surface area contributed by atoms with Crippen LogP contribution in [0.15, 0.2) is 18.2 Å². The Morgan fingerprint density at radius 3 is 2.29 bits per heavy atom. The molecule has 0 aliphatic heterocycles. The molecule has 0 aromatic heterocycles. The minimum Gasteiger partial charge on any atom is -0.481 e. The molecule has 0 saturated heterocycles. The van der Waals surface area contributed by atoms with Gasteiger partial charge in [0.05, 0.1) is 6.42 Å². The lowest BCUT2D eigenvalue weighted by Gasteiger charge is -2.44. The van der Waals surface area contributed by atoms with Crippen molar-refractivity contribution in [1.82, 2.24) is 4.90 Å². The Hall–Kier alpha value is -0.770. The van der Waals surface area contributed by atoms with Gasteiger partial charge in [0.2, 0.25) is 0 Å². The standard InChI is InChI=1S/C16H21Cl2NO2/c1-19(11-12-7-13(17)9-14(18)8-12)16(10-15(20)21)5-3-2-4-6-16/h7-9H,2-6,10-11H2,1H3,(H,20,21). The van der Waals surface area contributed by atoms with Gasteiger partial charge in [-0.2, -0.15) is 0 Å². The molecule has 1 N–H and O–H groups in total. The third-order valence-electron chi connectivity index (χ3n) is 4.42. The fourth-order valence-corrected chi connectivity index (χ4v) is 3.90. The molecule has 21 heavy (non-hydrogen) atoms. The average Bonchev–Trinajstić information content (AvgIpc) is 2.37. The zero-order chi connectivity index (χ0) is 15.5. The lowest BCUT2D eigenvalue weighted by atomic mass is 9.78. The van der Waals surface area contributed by atoms with E-state index in [1.807, 2.05) is 19.2 Å². The van der Waals surface area contributed by atoms with Crippen LogP contribution in [0, 0.1) is 0 Å². The number of carboxylic acids is 1. The summed E-state index contributed by atoms with van der Waals surface area (Å²) in [7, 11) is 2.00. The van der Waals surface area contributed by atoms with Crippen LogP contribution in [0.5, 0.6) is 0 Å². The van der Waals surface area contributed by atoms with Crippen LogP contribution in [-0.4, -0.2) is 28.6 Å². The Bertz CT molecular complexity index is 493. The summed E-state index contributed by atoms with van der Waals surface area (Å²) in [4.78, 5) is 13.4. The van der Waals surface area contributed by atoms with Crippen molar-refractivity contribution in [3.05, 3.63) is 33.8 Å². The van der Waals surface area contributed by atoms with E-state index in [9.17, 15) is 9.90 Å². The second-order valence-electron chi connectivity index (χ2n) is 5.99. The largest absolute Gasteiger partial charge is 0.481 e. The molecule has 0 amide bonds. The van der Waals surface area contributed by atoms with Crippen molar-refractivity contribution < 1.29 is 9.90 Å². The summed E-state index contributed by atoms with van der Waals surface area (Å²) in [6.07, 6.45) is 5.44. The van der Waals surface area contributed by atoms with Crippen LogP contribution in [0.1, 0.15) is 44.1 Å². The van der Waals surface area contributed by atoms with Crippen LogP contribution in [0.25, 0.3) is 0 Å². The number of halogens is 2. The van der Waals surface area contributed by atoms with E-state index in [1.54, 1.807) is 6.07 Å². The van der Waals surface area contributed by atoms with Gasteiger partial charge in [0, 0.05) is 22.1 Å². The first-order chi connectivity index (χ1) is 9.91. The summed E-state index contributed by atoms with van der Waals surface area (Å²) in [5, 5.41) is 10.5. The van der Waals surface area contributed by atoms with Gasteiger partial charge in [-0.15, -0.1) is 0 Å². The quantitative estimate of drug-likeness (QED) is 0.857. The zero-order valence-electron chi connectivity index (χ0n) is 12.2. The van der Waals surface area contributed by atoms with Crippen molar-refractivity contribution in [2.75, 3.05) is 7.05 Å². The Labute approximate surface area is 135 Å². The summed E-state index contributed by atoms with van der Waals surface area (Å²) in [5.74, 6) is -0.729. The van der Waals surface area contributed by atoms with Crippen LogP contribution in [0.2, 0.25) is 10.0 Å². The second kappa shape index (κ2) is 6.99. The van der Waals surface area contributed by atoms with Crippen molar-refractivity contribution in [2.24, 2.45) is 0 Å². The molecular formula is C16H21Cl2NO2. The molecule has 1 aliphatic carbocycles. The smallest absolute Gasteiger partial charge is 0.305 e. The van der Waals surface area contributed by atoms with Crippen molar-refractivity contribution >= 4 is 29.2 Å². The highest BCUT2D eigenvalue weighted by molar-refractivity contribution is 6.34. The SMILES string of the molecule is CN(Cc1cc(Cl)cc(Cl)c1)C1(CC(=O)O)CCCCC1. The molecule has 1 fully saturated rings. The number of carbonyl (C=O) groups is 1. The molecule has 0 bridgehead atoms. The van der Waals surface area contributed by atoms with Crippen LogP contribution >= 0.6 is 23.2 Å². The Morgan fingerprint density at radius 2 is 1.76 bits per heavy atom. The van der Waals surface area contributed by atoms with Gasteiger partial charge < -0.3 is 5.11 Å². The molecule has 1 aliphatic rings. The predicted molar refractivity (Wildman–Crippen MR) is 86.0 cm³/mol. The minimum atomic E-state index is -0.729. The van der Waals surface area contributed by atoms with Crippen molar-refractivity contribution in [1.29, 1.82) is 0 Å². The summed E-state index contributed by atoms with van der Waals surface area (Å²) in [5.41, 5.74) is 0.768. The fraction of sp³-hybridized carbons (Fsp3) is 0.562. The van der Waals surface area contributed by atoms with Crippen LogP contribution in [0.4, 0.5) is 0 Å². The maximum absolute atomic E-state index is 11.3. The van der Waals surface area contributed by atoms with Crippen LogP contribution in [0.3, 0.4) is 0 Å². The molecule has 3 nitrogen and oxygen atoms in total. The molecule has 0 atom stereocenters. The van der Waals surface area contributed by atoms with E-state index in [-0.39, 0.29) is 12.0 Å². The lowest BCUT2D eigenvalue weighted by Crippen LogP contribution is -2.49. The number of aliphatic carboxylic acids is 1. The number of hydrogen-bond acceptors (Lipinski definition) is 2. The highest BCUT2D eigenvalue weighted by Crippen LogP contribution is 2.37. The molecule has 5 heteroatoms. The van der Waals surface area contributed by atoms with Gasteiger partial charge in [-0.05, 0) is 43.7 Å². The number of carboxylic acid groups (broad SMARTS) is 1. The average molecular weight is 330 g/mol. The number of nitrogens with zero attached hydrogens (tertiary/aromatic N) is 1. The maximum Gasteiger partial charge on any atom is 0.305 e. The van der Waals surface area contributed by atoms with E-state index in [2.05, 4.69) is 4.90 Å². The summed E-state index contributed by atoms with van der Waals surface area (Å²) in [6.45, 7) is 0.660. The first-order valence-electron chi connectivity index (χ1n) is 7.29. The molecule has 0 radical (unpaired) electrons. The van der Waals surface area contributed by atoms with E-state index in [4.69, 9.17) is 23.2 Å². The molecule has 1 aromatic carbocycles. The number of rotatable bonds is 5. The van der Waals surface area contributed by atoms with Crippen LogP contribution in [-0.2, 0) is 11.3 Å². The summed E-state index contributed by atoms with van der Waals surface area (Å²) >= 11 is 12.1. The van der Waals surface area contributed by atoms with E-state index in [1.165, 1.54) is 6.42 Å². The Morgan fingerprint density at radius 1 is 1.19 bits per heavy atom. The third kappa shape index (κ3) is 4.35. The maximum atomic E-state index is 11.3. The van der Waals surface area contributed by atoms with Crippen molar-refractivity contribution in [3.8, 4) is 0 Å². The molecule has 1 aromatic rings. The van der Waals surface area contributed by atoms with Gasteiger partial charge in [-0.3, -0.25) is 9.69 Å². The topological polar surface area (TPSA) is 40.5 Å². The highest BCUT2D eigenvalue weighted by Gasteiger charge is 2.38. The molecule has 1 saturated carbocycles. The van der Waals surface area contributed by atoms with Gasteiger partial charge in [-0.25, -0.2) is 0 Å². The zero-order valence-corrected chi connectivity index (χ0v) is 13.8. The van der Waals surface area contributed by atoms with Gasteiger partial charge in [0.1, 0.15) is 0 Å². The Kier molecular flexibility index (Phi) is 5.53. The summed E-state index contributed by atoms with van der Waals surface area (Å²) < 4.78 is 0. The monoisotopic (exact) mass is 329 g/mol. The number of hydrogen-bond donors (Lipinski definition) is 1. The van der Waals surface area contributed by atoms with Gasteiger partial charge in [-0.1, -0.05) is 42.5 Å². The summed E-state index contributed by atoms with van der Waals surface area (Å²) in [6, 6.07) is 5.49. The first-order valence-corrected chi connectivity index (χ1v) is 8.05. The fourth-order valence-electron chi connectivity index (χ4n) is 3.33. The van der Waals surface area contributed by atoms with Gasteiger partial charge in [0.15, 0.2) is 0 Å².